The van der Waals surface area contributed by atoms with E-state index in [0.29, 0.717) is 5.92 Å². The third kappa shape index (κ3) is 5.54. The number of allylic oxidation sites excluding steroid dienone is 3. The Morgan fingerprint density at radius 3 is 2.82 bits per heavy atom. The van der Waals surface area contributed by atoms with Crippen molar-refractivity contribution in [2.75, 3.05) is 0 Å². The maximum absolute atomic E-state index is 10.1. The van der Waals surface area contributed by atoms with Crippen molar-refractivity contribution < 1.29 is 5.11 Å². The van der Waals surface area contributed by atoms with Gasteiger partial charge in [0.1, 0.15) is 0 Å². The predicted octanol–water partition coefficient (Wildman–Crippen LogP) is 4.62. The highest BCUT2D eigenvalue weighted by Crippen LogP contribution is 2.29. The summed E-state index contributed by atoms with van der Waals surface area (Å²) >= 11 is 0. The molecule has 1 rings (SSSR count). The van der Waals surface area contributed by atoms with E-state index < -0.39 is 0 Å². The lowest BCUT2D eigenvalue weighted by molar-refractivity contribution is 0.159. The Balaban J connectivity index is 2.29. The van der Waals surface area contributed by atoms with Crippen molar-refractivity contribution in [1.82, 2.24) is 0 Å². The quantitative estimate of drug-likeness (QED) is 0.639. The average molecular weight is 236 g/mol. The van der Waals surface area contributed by atoms with Crippen LogP contribution in [0.4, 0.5) is 0 Å². The molecule has 0 heterocycles. The maximum Gasteiger partial charge on any atom is 0.0752 e. The van der Waals surface area contributed by atoms with Crippen molar-refractivity contribution >= 4 is 0 Å². The summed E-state index contributed by atoms with van der Waals surface area (Å²) in [6, 6.07) is 0. The van der Waals surface area contributed by atoms with E-state index in [4.69, 9.17) is 0 Å². The lowest BCUT2D eigenvalue weighted by Gasteiger charge is -2.26. The second-order valence-electron chi connectivity index (χ2n) is 5.19. The zero-order valence-electron chi connectivity index (χ0n) is 11.5. The van der Waals surface area contributed by atoms with Crippen molar-refractivity contribution in [3.63, 3.8) is 0 Å². The van der Waals surface area contributed by atoms with Gasteiger partial charge in [-0.05, 0) is 56.4 Å². The number of hydrogen-bond donors (Lipinski definition) is 1. The predicted molar refractivity (Wildman–Crippen MR) is 75.0 cm³/mol. The summed E-state index contributed by atoms with van der Waals surface area (Å²) in [6.45, 7) is 4.38. The summed E-state index contributed by atoms with van der Waals surface area (Å²) in [5, 5.41) is 10.1. The summed E-state index contributed by atoms with van der Waals surface area (Å²) in [4.78, 5) is 0. The summed E-state index contributed by atoms with van der Waals surface area (Å²) in [5.74, 6) is 0.692. The second-order valence-corrected chi connectivity index (χ2v) is 5.19. The molecule has 0 radical (unpaired) electrons. The Labute approximate surface area is 107 Å². The fourth-order valence-corrected chi connectivity index (χ4v) is 2.52. The van der Waals surface area contributed by atoms with Crippen molar-refractivity contribution in [3.8, 4) is 0 Å². The first kappa shape index (κ1) is 14.5. The molecule has 0 spiro atoms. The van der Waals surface area contributed by atoms with E-state index >= 15 is 0 Å². The Morgan fingerprint density at radius 1 is 1.35 bits per heavy atom. The Morgan fingerprint density at radius 2 is 2.18 bits per heavy atom. The molecule has 0 aliphatic heterocycles. The number of rotatable bonds is 7. The summed E-state index contributed by atoms with van der Waals surface area (Å²) in [7, 11) is 0. The van der Waals surface area contributed by atoms with Gasteiger partial charge >= 0.3 is 0 Å². The van der Waals surface area contributed by atoms with Gasteiger partial charge in [0.05, 0.1) is 6.10 Å². The van der Waals surface area contributed by atoms with Crippen LogP contribution in [0.2, 0.25) is 0 Å². The van der Waals surface area contributed by atoms with E-state index in [0.717, 1.165) is 19.3 Å². The van der Waals surface area contributed by atoms with Crippen LogP contribution in [0.5, 0.6) is 0 Å². The molecule has 0 aromatic rings. The highest BCUT2D eigenvalue weighted by molar-refractivity contribution is 5.12. The number of aliphatic hydroxyl groups is 1. The van der Waals surface area contributed by atoms with E-state index in [1.165, 1.54) is 37.7 Å². The number of hydrogen-bond acceptors (Lipinski definition) is 1. The smallest absolute Gasteiger partial charge is 0.0752 e. The van der Waals surface area contributed by atoms with Crippen LogP contribution in [0.25, 0.3) is 0 Å². The molecule has 0 saturated carbocycles. The first-order chi connectivity index (χ1) is 8.27. The van der Waals surface area contributed by atoms with Crippen LogP contribution in [0, 0.1) is 5.92 Å². The van der Waals surface area contributed by atoms with E-state index in [9.17, 15) is 5.11 Å². The minimum Gasteiger partial charge on any atom is -0.389 e. The minimum atomic E-state index is -0.157. The molecule has 0 bridgehead atoms. The molecular weight excluding hydrogens is 208 g/mol. The van der Waals surface area contributed by atoms with Gasteiger partial charge in [-0.1, -0.05) is 38.5 Å². The molecule has 0 fully saturated rings. The third-order valence-corrected chi connectivity index (χ3v) is 3.66. The fourth-order valence-electron chi connectivity index (χ4n) is 2.52. The Bertz CT molecular complexity index is 252. The standard InChI is InChI=1S/C16H28O/c1-3-5-7-8-9-14-11-12-15(10-6-4-2)16(17)13-14/h5,7,12,14,16-17H,3-4,6,8-11,13H2,1-2H3/b7-5-/t14-,16-/m1/s1. The summed E-state index contributed by atoms with van der Waals surface area (Å²) in [6.07, 6.45) is 15.9. The first-order valence-corrected chi connectivity index (χ1v) is 7.29. The van der Waals surface area contributed by atoms with E-state index in [1.807, 2.05) is 0 Å². The average Bonchev–Trinajstić information content (AvgIpc) is 2.34. The zero-order valence-corrected chi connectivity index (χ0v) is 11.5. The topological polar surface area (TPSA) is 20.2 Å². The van der Waals surface area contributed by atoms with Crippen molar-refractivity contribution in [2.24, 2.45) is 5.92 Å². The molecule has 98 valence electrons. The van der Waals surface area contributed by atoms with Crippen LogP contribution < -0.4 is 0 Å². The molecule has 1 aliphatic rings. The molecule has 17 heavy (non-hydrogen) atoms. The van der Waals surface area contributed by atoms with Gasteiger partial charge in [-0.3, -0.25) is 0 Å². The molecular formula is C16H28O. The molecule has 1 N–H and O–H groups in total. The van der Waals surface area contributed by atoms with Gasteiger partial charge in [0, 0.05) is 0 Å². The van der Waals surface area contributed by atoms with E-state index in [2.05, 4.69) is 32.1 Å². The Kier molecular flexibility index (Phi) is 7.27. The van der Waals surface area contributed by atoms with Crippen LogP contribution in [0.3, 0.4) is 0 Å². The van der Waals surface area contributed by atoms with Crippen LogP contribution in [-0.4, -0.2) is 11.2 Å². The Hall–Kier alpha value is -0.560. The van der Waals surface area contributed by atoms with Crippen molar-refractivity contribution in [1.29, 1.82) is 0 Å². The molecule has 1 nitrogen and oxygen atoms in total. The monoisotopic (exact) mass is 236 g/mol. The normalized spacial score (nSPS) is 25.2. The molecule has 0 aromatic carbocycles. The lowest BCUT2D eigenvalue weighted by atomic mass is 9.83. The molecule has 1 heteroatoms. The van der Waals surface area contributed by atoms with E-state index in [1.54, 1.807) is 0 Å². The van der Waals surface area contributed by atoms with Crippen LogP contribution in [0.15, 0.2) is 23.8 Å². The van der Waals surface area contributed by atoms with Crippen LogP contribution in [0.1, 0.15) is 65.2 Å². The molecule has 0 amide bonds. The van der Waals surface area contributed by atoms with Gasteiger partial charge < -0.3 is 5.11 Å². The zero-order chi connectivity index (χ0) is 12.5. The molecule has 1 aliphatic carbocycles. The molecule has 0 unspecified atom stereocenters. The second kappa shape index (κ2) is 8.52. The fraction of sp³-hybridized carbons (Fsp3) is 0.750. The van der Waals surface area contributed by atoms with Gasteiger partial charge in [0.25, 0.3) is 0 Å². The molecule has 0 aromatic heterocycles. The number of unbranched alkanes of at least 4 members (excludes halogenated alkanes) is 1. The number of aliphatic hydroxyl groups excluding tert-OH is 1. The van der Waals surface area contributed by atoms with Gasteiger partial charge in [0.15, 0.2) is 0 Å². The third-order valence-electron chi connectivity index (χ3n) is 3.66. The molecule has 0 saturated heterocycles. The van der Waals surface area contributed by atoms with Gasteiger partial charge in [0.2, 0.25) is 0 Å². The summed E-state index contributed by atoms with van der Waals surface area (Å²) in [5.41, 5.74) is 1.30. The largest absolute Gasteiger partial charge is 0.389 e. The first-order valence-electron chi connectivity index (χ1n) is 7.29. The van der Waals surface area contributed by atoms with Crippen molar-refractivity contribution in [2.45, 2.75) is 71.3 Å². The lowest BCUT2D eigenvalue weighted by Crippen LogP contribution is -2.20. The minimum absolute atomic E-state index is 0.157. The highest BCUT2D eigenvalue weighted by atomic mass is 16.3. The maximum atomic E-state index is 10.1. The van der Waals surface area contributed by atoms with Crippen LogP contribution >= 0.6 is 0 Å². The highest BCUT2D eigenvalue weighted by Gasteiger charge is 2.21. The summed E-state index contributed by atoms with van der Waals surface area (Å²) < 4.78 is 0. The van der Waals surface area contributed by atoms with Gasteiger partial charge in [-0.15, -0.1) is 0 Å². The SMILES string of the molecule is CC/C=C\CC[C@@H]1CC=C(CCCC)[C@H](O)C1. The van der Waals surface area contributed by atoms with Gasteiger partial charge in [-0.25, -0.2) is 0 Å². The van der Waals surface area contributed by atoms with Crippen LogP contribution in [-0.2, 0) is 0 Å². The molecule has 2 atom stereocenters. The van der Waals surface area contributed by atoms with E-state index in [-0.39, 0.29) is 6.10 Å². The van der Waals surface area contributed by atoms with Gasteiger partial charge in [-0.2, -0.15) is 0 Å². The van der Waals surface area contributed by atoms with Crippen molar-refractivity contribution in [3.05, 3.63) is 23.8 Å².